The molecule has 0 amide bonds. The Morgan fingerprint density at radius 2 is 2.06 bits per heavy atom. The molecule has 0 saturated carbocycles. The second kappa shape index (κ2) is 5.36. The van der Waals surface area contributed by atoms with Gasteiger partial charge in [0.2, 0.25) is 0 Å². The number of nitrogens with zero attached hydrogens (tertiary/aromatic N) is 1. The Bertz CT molecular complexity index is 521. The number of hydrogen-bond acceptors (Lipinski definition) is 3. The molecule has 2 heterocycles. The average Bonchev–Trinajstić information content (AvgIpc) is 2.46. The third-order valence-electron chi connectivity index (χ3n) is 3.53. The van der Waals surface area contributed by atoms with E-state index in [0.717, 1.165) is 49.7 Å². The fourth-order valence-corrected chi connectivity index (χ4v) is 2.38. The fourth-order valence-electron chi connectivity index (χ4n) is 2.38. The summed E-state index contributed by atoms with van der Waals surface area (Å²) in [6, 6.07) is 10.4. The molecular formula is C15H18N2O. The Morgan fingerprint density at radius 3 is 2.94 bits per heavy atom. The Kier molecular flexibility index (Phi) is 3.42. The summed E-state index contributed by atoms with van der Waals surface area (Å²) in [6.07, 6.45) is 4.24. The van der Waals surface area contributed by atoms with E-state index in [4.69, 9.17) is 4.74 Å². The number of ether oxygens (including phenoxy) is 1. The second-order valence-corrected chi connectivity index (χ2v) is 4.85. The SMILES string of the molecule is c1ccc2ncc(NCC3CCOCC3)cc2c1. The molecule has 3 nitrogen and oxygen atoms in total. The van der Waals surface area contributed by atoms with E-state index in [9.17, 15) is 0 Å². The molecule has 1 N–H and O–H groups in total. The molecule has 1 aromatic carbocycles. The lowest BCUT2D eigenvalue weighted by atomic mass is 10.0. The van der Waals surface area contributed by atoms with Gasteiger partial charge >= 0.3 is 0 Å². The lowest BCUT2D eigenvalue weighted by Crippen LogP contribution is -2.22. The highest BCUT2D eigenvalue weighted by molar-refractivity contribution is 5.81. The van der Waals surface area contributed by atoms with Crippen molar-refractivity contribution >= 4 is 16.6 Å². The molecule has 2 aromatic rings. The van der Waals surface area contributed by atoms with Crippen LogP contribution in [-0.2, 0) is 4.74 Å². The molecule has 0 spiro atoms. The first-order valence-corrected chi connectivity index (χ1v) is 6.58. The van der Waals surface area contributed by atoms with Gasteiger partial charge in [-0.2, -0.15) is 0 Å². The largest absolute Gasteiger partial charge is 0.384 e. The van der Waals surface area contributed by atoms with Crippen molar-refractivity contribution in [3.8, 4) is 0 Å². The topological polar surface area (TPSA) is 34.2 Å². The van der Waals surface area contributed by atoms with Crippen molar-refractivity contribution in [2.45, 2.75) is 12.8 Å². The first-order valence-electron chi connectivity index (χ1n) is 6.58. The minimum atomic E-state index is 0.727. The molecular weight excluding hydrogens is 224 g/mol. The molecule has 1 aliphatic heterocycles. The third-order valence-corrected chi connectivity index (χ3v) is 3.53. The number of benzene rings is 1. The molecule has 0 unspecified atom stereocenters. The Balaban J connectivity index is 1.66. The monoisotopic (exact) mass is 242 g/mol. The maximum Gasteiger partial charge on any atom is 0.0703 e. The average molecular weight is 242 g/mol. The summed E-state index contributed by atoms with van der Waals surface area (Å²) < 4.78 is 5.37. The Hall–Kier alpha value is -1.61. The zero-order chi connectivity index (χ0) is 12.2. The van der Waals surface area contributed by atoms with Gasteiger partial charge in [0, 0.05) is 25.1 Å². The van der Waals surface area contributed by atoms with Gasteiger partial charge in [0.25, 0.3) is 0 Å². The number of aromatic nitrogens is 1. The molecule has 0 bridgehead atoms. The Morgan fingerprint density at radius 1 is 1.22 bits per heavy atom. The number of fused-ring (bicyclic) bond motifs is 1. The van der Waals surface area contributed by atoms with Crippen molar-refractivity contribution in [3.05, 3.63) is 36.5 Å². The molecule has 1 aliphatic rings. The summed E-state index contributed by atoms with van der Waals surface area (Å²) in [5.41, 5.74) is 2.16. The fraction of sp³-hybridized carbons (Fsp3) is 0.400. The predicted octanol–water partition coefficient (Wildman–Crippen LogP) is 3.07. The van der Waals surface area contributed by atoms with Crippen LogP contribution in [0.1, 0.15) is 12.8 Å². The van der Waals surface area contributed by atoms with Gasteiger partial charge in [-0.25, -0.2) is 0 Å². The van der Waals surface area contributed by atoms with Crippen molar-refractivity contribution in [1.29, 1.82) is 0 Å². The molecule has 3 heteroatoms. The van der Waals surface area contributed by atoms with E-state index >= 15 is 0 Å². The number of pyridine rings is 1. The van der Waals surface area contributed by atoms with Crippen LogP contribution in [0.2, 0.25) is 0 Å². The lowest BCUT2D eigenvalue weighted by Gasteiger charge is -2.22. The molecule has 0 aliphatic carbocycles. The molecule has 0 radical (unpaired) electrons. The second-order valence-electron chi connectivity index (χ2n) is 4.85. The summed E-state index contributed by atoms with van der Waals surface area (Å²) in [6.45, 7) is 2.83. The van der Waals surface area contributed by atoms with Crippen LogP contribution in [0, 0.1) is 5.92 Å². The molecule has 3 rings (SSSR count). The van der Waals surface area contributed by atoms with E-state index < -0.39 is 0 Å². The number of hydrogen-bond donors (Lipinski definition) is 1. The van der Waals surface area contributed by atoms with E-state index in [1.165, 1.54) is 5.39 Å². The summed E-state index contributed by atoms with van der Waals surface area (Å²) in [5, 5.41) is 4.68. The quantitative estimate of drug-likeness (QED) is 0.898. The zero-order valence-electron chi connectivity index (χ0n) is 10.4. The molecule has 1 saturated heterocycles. The first kappa shape index (κ1) is 11.5. The van der Waals surface area contributed by atoms with Gasteiger partial charge in [-0.05, 0) is 30.9 Å². The third kappa shape index (κ3) is 2.62. The van der Waals surface area contributed by atoms with Crippen LogP contribution in [-0.4, -0.2) is 24.7 Å². The van der Waals surface area contributed by atoms with Crippen molar-refractivity contribution < 1.29 is 4.74 Å². The van der Waals surface area contributed by atoms with E-state index in [2.05, 4.69) is 22.4 Å². The van der Waals surface area contributed by atoms with Crippen molar-refractivity contribution in [3.63, 3.8) is 0 Å². The maximum absolute atomic E-state index is 5.37. The standard InChI is InChI=1S/C15H18N2O/c1-2-4-15-13(3-1)9-14(11-17-15)16-10-12-5-7-18-8-6-12/h1-4,9,11-12,16H,5-8,10H2. The number of nitrogens with one attached hydrogen (secondary N) is 1. The highest BCUT2D eigenvalue weighted by atomic mass is 16.5. The number of anilines is 1. The van der Waals surface area contributed by atoms with E-state index in [1.54, 1.807) is 0 Å². The highest BCUT2D eigenvalue weighted by Gasteiger charge is 2.13. The van der Waals surface area contributed by atoms with Crippen molar-refractivity contribution in [2.75, 3.05) is 25.1 Å². The van der Waals surface area contributed by atoms with Gasteiger partial charge in [0.1, 0.15) is 0 Å². The predicted molar refractivity (Wildman–Crippen MR) is 73.8 cm³/mol. The van der Waals surface area contributed by atoms with Crippen LogP contribution in [0.3, 0.4) is 0 Å². The van der Waals surface area contributed by atoms with Gasteiger partial charge < -0.3 is 10.1 Å². The van der Waals surface area contributed by atoms with Crippen LogP contribution in [0.15, 0.2) is 36.5 Å². The maximum atomic E-state index is 5.37. The van der Waals surface area contributed by atoms with Crippen molar-refractivity contribution in [2.24, 2.45) is 5.92 Å². The van der Waals surface area contributed by atoms with Crippen LogP contribution >= 0.6 is 0 Å². The summed E-state index contributed by atoms with van der Waals surface area (Å²) in [4.78, 5) is 4.46. The van der Waals surface area contributed by atoms with Gasteiger partial charge in [0.15, 0.2) is 0 Å². The zero-order valence-corrected chi connectivity index (χ0v) is 10.4. The summed E-state index contributed by atoms with van der Waals surface area (Å²) >= 11 is 0. The van der Waals surface area contributed by atoms with E-state index in [-0.39, 0.29) is 0 Å². The lowest BCUT2D eigenvalue weighted by molar-refractivity contribution is 0.0699. The van der Waals surface area contributed by atoms with Crippen LogP contribution in [0.4, 0.5) is 5.69 Å². The van der Waals surface area contributed by atoms with Crippen LogP contribution in [0.5, 0.6) is 0 Å². The molecule has 1 fully saturated rings. The van der Waals surface area contributed by atoms with Crippen molar-refractivity contribution in [1.82, 2.24) is 4.98 Å². The van der Waals surface area contributed by atoms with Gasteiger partial charge in [-0.1, -0.05) is 18.2 Å². The molecule has 1 aromatic heterocycles. The van der Waals surface area contributed by atoms with E-state index in [1.807, 2.05) is 24.4 Å². The van der Waals surface area contributed by atoms with Gasteiger partial charge in [-0.15, -0.1) is 0 Å². The van der Waals surface area contributed by atoms with Gasteiger partial charge in [0.05, 0.1) is 17.4 Å². The summed E-state index contributed by atoms with van der Waals surface area (Å²) in [5.74, 6) is 0.727. The number of para-hydroxylation sites is 1. The summed E-state index contributed by atoms with van der Waals surface area (Å²) in [7, 11) is 0. The Labute approximate surface area is 107 Å². The van der Waals surface area contributed by atoms with Crippen LogP contribution < -0.4 is 5.32 Å². The highest BCUT2D eigenvalue weighted by Crippen LogP contribution is 2.18. The molecule has 0 atom stereocenters. The minimum Gasteiger partial charge on any atom is -0.384 e. The number of rotatable bonds is 3. The normalized spacial score (nSPS) is 16.9. The molecule has 18 heavy (non-hydrogen) atoms. The van der Waals surface area contributed by atoms with Crippen LogP contribution in [0.25, 0.3) is 10.9 Å². The smallest absolute Gasteiger partial charge is 0.0703 e. The minimum absolute atomic E-state index is 0.727. The molecule has 94 valence electrons. The first-order chi connectivity index (χ1) is 8.92. The van der Waals surface area contributed by atoms with E-state index in [0.29, 0.717) is 0 Å². The van der Waals surface area contributed by atoms with Gasteiger partial charge in [-0.3, -0.25) is 4.98 Å².